The fraction of sp³-hybridized carbons (Fsp3) is 0.692. The maximum absolute atomic E-state index is 4.55. The van der Waals surface area contributed by atoms with Gasteiger partial charge in [0.1, 0.15) is 11.6 Å². The lowest BCUT2D eigenvalue weighted by atomic mass is 9.96. The average molecular weight is 236 g/mol. The summed E-state index contributed by atoms with van der Waals surface area (Å²) in [7, 11) is 4.03. The molecule has 1 heterocycles. The Labute approximate surface area is 104 Å². The summed E-state index contributed by atoms with van der Waals surface area (Å²) in [6.07, 6.45) is 1.91. The third-order valence-corrected chi connectivity index (χ3v) is 2.40. The van der Waals surface area contributed by atoms with Crippen molar-refractivity contribution in [3.8, 4) is 0 Å². The molecule has 0 aliphatic rings. The fourth-order valence-corrected chi connectivity index (χ4v) is 1.92. The lowest BCUT2D eigenvalue weighted by Crippen LogP contribution is -2.31. The molecule has 0 atom stereocenters. The van der Waals surface area contributed by atoms with Gasteiger partial charge >= 0.3 is 0 Å². The Morgan fingerprint density at radius 1 is 1.35 bits per heavy atom. The van der Waals surface area contributed by atoms with Crippen LogP contribution >= 0.6 is 0 Å². The Hall–Kier alpha value is -1.16. The molecule has 0 aliphatic carbocycles. The maximum atomic E-state index is 4.55. The number of aryl methyl sites for hydroxylation is 1. The summed E-state index contributed by atoms with van der Waals surface area (Å²) in [5.74, 6) is 1.85. The first-order valence-corrected chi connectivity index (χ1v) is 6.02. The second kappa shape index (κ2) is 5.45. The van der Waals surface area contributed by atoms with Crippen molar-refractivity contribution in [2.75, 3.05) is 25.5 Å². The standard InChI is InChI=1S/C13H24N4/c1-10-15-8-11(7-14-5)12(16-10)17(6)9-13(2,3)4/h8,14H,7,9H2,1-6H3. The van der Waals surface area contributed by atoms with E-state index < -0.39 is 0 Å². The molecule has 0 saturated carbocycles. The van der Waals surface area contributed by atoms with Gasteiger partial charge in [0, 0.05) is 31.9 Å². The summed E-state index contributed by atoms with van der Waals surface area (Å²) in [5, 5.41) is 3.15. The van der Waals surface area contributed by atoms with Crippen molar-refractivity contribution in [3.05, 3.63) is 17.6 Å². The molecule has 1 rings (SSSR count). The van der Waals surface area contributed by atoms with Gasteiger partial charge in [0.25, 0.3) is 0 Å². The summed E-state index contributed by atoms with van der Waals surface area (Å²) in [6, 6.07) is 0. The molecule has 0 amide bonds. The number of nitrogens with one attached hydrogen (secondary N) is 1. The smallest absolute Gasteiger partial charge is 0.136 e. The third-order valence-electron chi connectivity index (χ3n) is 2.40. The first kappa shape index (κ1) is 13.9. The van der Waals surface area contributed by atoms with Crippen LogP contribution in [-0.2, 0) is 6.54 Å². The molecule has 0 fully saturated rings. The minimum absolute atomic E-state index is 0.254. The fourth-order valence-electron chi connectivity index (χ4n) is 1.92. The van der Waals surface area contributed by atoms with Crippen molar-refractivity contribution < 1.29 is 0 Å². The monoisotopic (exact) mass is 236 g/mol. The molecule has 1 N–H and O–H groups in total. The highest BCUT2D eigenvalue weighted by atomic mass is 15.2. The van der Waals surface area contributed by atoms with Crippen LogP contribution in [0.4, 0.5) is 5.82 Å². The quantitative estimate of drug-likeness (QED) is 0.868. The Morgan fingerprint density at radius 3 is 2.53 bits per heavy atom. The van der Waals surface area contributed by atoms with E-state index in [9.17, 15) is 0 Å². The number of hydrogen-bond donors (Lipinski definition) is 1. The van der Waals surface area contributed by atoms with Gasteiger partial charge in [-0.15, -0.1) is 0 Å². The van der Waals surface area contributed by atoms with Gasteiger partial charge in [0.05, 0.1) is 0 Å². The highest BCUT2D eigenvalue weighted by molar-refractivity contribution is 5.45. The van der Waals surface area contributed by atoms with Crippen LogP contribution in [0.25, 0.3) is 0 Å². The second-order valence-corrected chi connectivity index (χ2v) is 5.71. The Bertz CT molecular complexity index is 368. The van der Waals surface area contributed by atoms with Crippen LogP contribution in [0.15, 0.2) is 6.20 Å². The minimum Gasteiger partial charge on any atom is -0.359 e. The van der Waals surface area contributed by atoms with E-state index in [0.29, 0.717) is 0 Å². The SMILES string of the molecule is CNCc1cnc(C)nc1N(C)CC(C)(C)C. The summed E-state index contributed by atoms with van der Waals surface area (Å²) >= 11 is 0. The first-order valence-electron chi connectivity index (χ1n) is 6.02. The van der Waals surface area contributed by atoms with Gasteiger partial charge in [0.15, 0.2) is 0 Å². The molecule has 4 nitrogen and oxygen atoms in total. The zero-order valence-corrected chi connectivity index (χ0v) is 11.8. The predicted molar refractivity (Wildman–Crippen MR) is 72.3 cm³/mol. The van der Waals surface area contributed by atoms with E-state index in [1.54, 1.807) is 0 Å². The molecule has 0 spiro atoms. The normalized spacial score (nSPS) is 11.6. The summed E-state index contributed by atoms with van der Waals surface area (Å²) in [6.45, 7) is 10.4. The predicted octanol–water partition coefficient (Wildman–Crippen LogP) is 1.99. The Balaban J connectivity index is 2.97. The summed E-state index contributed by atoms with van der Waals surface area (Å²) in [4.78, 5) is 11.0. The van der Waals surface area contributed by atoms with E-state index in [-0.39, 0.29) is 5.41 Å². The van der Waals surface area contributed by atoms with Gasteiger partial charge in [-0.3, -0.25) is 0 Å². The molecule has 0 bridgehead atoms. The first-order chi connectivity index (χ1) is 7.83. The maximum Gasteiger partial charge on any atom is 0.136 e. The van der Waals surface area contributed by atoms with Gasteiger partial charge in [-0.25, -0.2) is 9.97 Å². The van der Waals surface area contributed by atoms with Crippen LogP contribution in [0.3, 0.4) is 0 Å². The van der Waals surface area contributed by atoms with Crippen LogP contribution in [0.1, 0.15) is 32.2 Å². The summed E-state index contributed by atoms with van der Waals surface area (Å²) < 4.78 is 0. The van der Waals surface area contributed by atoms with Crippen molar-refractivity contribution in [1.29, 1.82) is 0 Å². The van der Waals surface area contributed by atoms with Gasteiger partial charge in [-0.05, 0) is 19.4 Å². The second-order valence-electron chi connectivity index (χ2n) is 5.71. The lowest BCUT2D eigenvalue weighted by Gasteiger charge is -2.28. The molecule has 0 saturated heterocycles. The van der Waals surface area contributed by atoms with E-state index in [0.717, 1.165) is 30.3 Å². The highest BCUT2D eigenvalue weighted by Crippen LogP contribution is 2.21. The van der Waals surface area contributed by atoms with E-state index >= 15 is 0 Å². The zero-order valence-electron chi connectivity index (χ0n) is 11.8. The lowest BCUT2D eigenvalue weighted by molar-refractivity contribution is 0.417. The highest BCUT2D eigenvalue weighted by Gasteiger charge is 2.17. The van der Waals surface area contributed by atoms with E-state index in [1.165, 1.54) is 0 Å². The molecule has 4 heteroatoms. The van der Waals surface area contributed by atoms with Gasteiger partial charge in [-0.2, -0.15) is 0 Å². The van der Waals surface area contributed by atoms with Crippen molar-refractivity contribution in [2.24, 2.45) is 5.41 Å². The molecule has 0 aromatic carbocycles. The molecule has 1 aromatic heterocycles. The molecule has 96 valence electrons. The van der Waals surface area contributed by atoms with Crippen LogP contribution in [0, 0.1) is 12.3 Å². The number of rotatable bonds is 4. The van der Waals surface area contributed by atoms with Crippen LogP contribution in [0.5, 0.6) is 0 Å². The third kappa shape index (κ3) is 4.30. The number of hydrogen-bond acceptors (Lipinski definition) is 4. The minimum atomic E-state index is 0.254. The van der Waals surface area contributed by atoms with Gasteiger partial charge in [0.2, 0.25) is 0 Å². The molecule has 17 heavy (non-hydrogen) atoms. The van der Waals surface area contributed by atoms with Gasteiger partial charge < -0.3 is 10.2 Å². The molecule has 0 radical (unpaired) electrons. The molecular weight excluding hydrogens is 212 g/mol. The van der Waals surface area contributed by atoms with Crippen LogP contribution < -0.4 is 10.2 Å². The Kier molecular flexibility index (Phi) is 4.46. The largest absolute Gasteiger partial charge is 0.359 e. The van der Waals surface area contributed by atoms with Gasteiger partial charge in [-0.1, -0.05) is 20.8 Å². The number of nitrogens with zero attached hydrogens (tertiary/aromatic N) is 3. The van der Waals surface area contributed by atoms with Crippen molar-refractivity contribution in [3.63, 3.8) is 0 Å². The van der Waals surface area contributed by atoms with Crippen LogP contribution in [0.2, 0.25) is 0 Å². The van der Waals surface area contributed by atoms with Crippen molar-refractivity contribution in [1.82, 2.24) is 15.3 Å². The topological polar surface area (TPSA) is 41.1 Å². The molecule has 0 unspecified atom stereocenters. The van der Waals surface area contributed by atoms with E-state index in [1.807, 2.05) is 20.2 Å². The van der Waals surface area contributed by atoms with Crippen molar-refractivity contribution >= 4 is 5.82 Å². The van der Waals surface area contributed by atoms with Crippen LogP contribution in [-0.4, -0.2) is 30.6 Å². The number of anilines is 1. The molecule has 1 aromatic rings. The zero-order chi connectivity index (χ0) is 13.1. The number of aromatic nitrogens is 2. The van der Waals surface area contributed by atoms with E-state index in [4.69, 9.17) is 0 Å². The van der Waals surface area contributed by atoms with Crippen molar-refractivity contribution in [2.45, 2.75) is 34.2 Å². The molecule has 0 aliphatic heterocycles. The summed E-state index contributed by atoms with van der Waals surface area (Å²) in [5.41, 5.74) is 1.40. The van der Waals surface area contributed by atoms with E-state index in [2.05, 4.69) is 48.0 Å². The Morgan fingerprint density at radius 2 is 2.00 bits per heavy atom. The average Bonchev–Trinajstić information content (AvgIpc) is 2.18. The molecular formula is C13H24N4.